The van der Waals surface area contributed by atoms with Gasteiger partial charge in [-0.15, -0.1) is 0 Å². The molecular weight excluding hydrogens is 490 g/mol. The summed E-state index contributed by atoms with van der Waals surface area (Å²) in [5.74, 6) is -0.467. The van der Waals surface area contributed by atoms with Gasteiger partial charge in [-0.2, -0.15) is 0 Å². The smallest absolute Gasteiger partial charge is 0.338 e. The fourth-order valence-corrected chi connectivity index (χ4v) is 4.90. The molecule has 7 nitrogen and oxygen atoms in total. The van der Waals surface area contributed by atoms with Crippen molar-refractivity contribution in [1.82, 2.24) is 10.2 Å². The fraction of sp³-hybridized carbons (Fsp3) is 0.469. The van der Waals surface area contributed by atoms with Crippen LogP contribution in [0.2, 0.25) is 0 Å². The van der Waals surface area contributed by atoms with Crippen LogP contribution in [0.25, 0.3) is 5.70 Å². The largest absolute Gasteiger partial charge is 0.463 e. The van der Waals surface area contributed by atoms with Gasteiger partial charge >= 0.3 is 12.0 Å². The van der Waals surface area contributed by atoms with E-state index in [1.165, 1.54) is 32.1 Å². The van der Waals surface area contributed by atoms with Crippen LogP contribution in [0.4, 0.5) is 10.5 Å². The molecule has 2 aromatic rings. The molecule has 1 heterocycles. The summed E-state index contributed by atoms with van der Waals surface area (Å²) >= 11 is 0. The third-order valence-electron chi connectivity index (χ3n) is 6.85. The Kier molecular flexibility index (Phi) is 12.1. The highest BCUT2D eigenvalue weighted by molar-refractivity contribution is 6.04. The van der Waals surface area contributed by atoms with E-state index in [2.05, 4.69) is 17.6 Å². The Morgan fingerprint density at radius 3 is 2.18 bits per heavy atom. The number of carbonyl (C=O) groups excluding carboxylic acids is 3. The van der Waals surface area contributed by atoms with Crippen LogP contribution in [-0.2, 0) is 14.3 Å². The summed E-state index contributed by atoms with van der Waals surface area (Å²) in [7, 11) is 0. The van der Waals surface area contributed by atoms with Crippen molar-refractivity contribution in [1.29, 1.82) is 0 Å². The van der Waals surface area contributed by atoms with E-state index in [4.69, 9.17) is 4.74 Å². The Hall–Kier alpha value is -3.61. The molecule has 3 rings (SSSR count). The first kappa shape index (κ1) is 29.9. The van der Waals surface area contributed by atoms with Crippen LogP contribution in [0.3, 0.4) is 0 Å². The fourth-order valence-electron chi connectivity index (χ4n) is 4.90. The van der Waals surface area contributed by atoms with Crippen LogP contribution < -0.4 is 10.6 Å². The standard InChI is InChI=1S/C32H43N3O4/c1-4-7-8-9-10-11-15-18-27(36)33-26-21-19-24(20-22-26)29-28(31(37)39-6-3)30(25-16-13-12-14-17-25)35(23-5-2)32(38)34-29/h12-14,16-17,19-22,29H,4-11,15,18,23H2,1-3H3,(H,33,36)(H,34,38). The van der Waals surface area contributed by atoms with E-state index in [0.717, 1.165) is 30.4 Å². The van der Waals surface area contributed by atoms with Gasteiger partial charge in [0, 0.05) is 18.7 Å². The van der Waals surface area contributed by atoms with E-state index >= 15 is 0 Å². The lowest BCUT2D eigenvalue weighted by molar-refractivity contribution is -0.139. The summed E-state index contributed by atoms with van der Waals surface area (Å²) in [5.41, 5.74) is 3.17. The van der Waals surface area contributed by atoms with Gasteiger partial charge in [-0.25, -0.2) is 9.59 Å². The van der Waals surface area contributed by atoms with Gasteiger partial charge in [-0.1, -0.05) is 94.8 Å². The third-order valence-corrected chi connectivity index (χ3v) is 6.85. The van der Waals surface area contributed by atoms with Gasteiger partial charge in [0.05, 0.1) is 23.9 Å². The summed E-state index contributed by atoms with van der Waals surface area (Å²) in [5, 5.41) is 5.98. The summed E-state index contributed by atoms with van der Waals surface area (Å²) in [6.45, 7) is 6.66. The molecule has 0 aliphatic carbocycles. The number of hydrogen-bond acceptors (Lipinski definition) is 4. The molecule has 0 spiro atoms. The van der Waals surface area contributed by atoms with Crippen LogP contribution in [0, 0.1) is 0 Å². The van der Waals surface area contributed by atoms with E-state index in [1.54, 1.807) is 11.8 Å². The highest BCUT2D eigenvalue weighted by Crippen LogP contribution is 2.37. The van der Waals surface area contributed by atoms with Crippen molar-refractivity contribution in [2.24, 2.45) is 0 Å². The number of unbranched alkanes of at least 4 members (excludes halogenated alkanes) is 6. The molecular formula is C32H43N3O4. The summed E-state index contributed by atoms with van der Waals surface area (Å²) in [6.07, 6.45) is 9.38. The molecule has 7 heteroatoms. The topological polar surface area (TPSA) is 87.7 Å². The first-order chi connectivity index (χ1) is 19.0. The van der Waals surface area contributed by atoms with E-state index in [9.17, 15) is 14.4 Å². The van der Waals surface area contributed by atoms with Gasteiger partial charge in [0.15, 0.2) is 0 Å². The SMILES string of the molecule is CCCCCCCCCC(=O)Nc1ccc(C2NC(=O)N(CCC)C(c3ccccc3)=C2C(=O)OCC)cc1. The van der Waals surface area contributed by atoms with Crippen LogP contribution in [0.5, 0.6) is 0 Å². The molecule has 0 bridgehead atoms. The first-order valence-corrected chi connectivity index (χ1v) is 14.4. The van der Waals surface area contributed by atoms with Crippen LogP contribution in [-0.4, -0.2) is 36.0 Å². The van der Waals surface area contributed by atoms with Crippen molar-refractivity contribution in [3.05, 3.63) is 71.3 Å². The number of hydrogen-bond donors (Lipinski definition) is 2. The lowest BCUT2D eigenvalue weighted by atomic mass is 9.91. The zero-order chi connectivity index (χ0) is 28.0. The number of anilines is 1. The number of esters is 1. The van der Waals surface area contributed by atoms with Crippen molar-refractivity contribution < 1.29 is 19.1 Å². The van der Waals surface area contributed by atoms with E-state index < -0.39 is 12.0 Å². The monoisotopic (exact) mass is 533 g/mol. The Bertz CT molecular complexity index is 1110. The number of nitrogens with one attached hydrogen (secondary N) is 2. The van der Waals surface area contributed by atoms with Crippen molar-refractivity contribution in [2.75, 3.05) is 18.5 Å². The normalized spacial score (nSPS) is 15.2. The maximum absolute atomic E-state index is 13.3. The molecule has 1 aliphatic heterocycles. The highest BCUT2D eigenvalue weighted by Gasteiger charge is 2.38. The Morgan fingerprint density at radius 1 is 0.872 bits per heavy atom. The molecule has 1 aliphatic rings. The van der Waals surface area contributed by atoms with E-state index in [-0.39, 0.29) is 18.5 Å². The second-order valence-corrected chi connectivity index (χ2v) is 9.92. The number of amides is 3. The van der Waals surface area contributed by atoms with Crippen LogP contribution in [0.15, 0.2) is 60.2 Å². The van der Waals surface area contributed by atoms with Gasteiger partial charge in [-0.3, -0.25) is 9.69 Å². The Balaban J connectivity index is 1.79. The molecule has 1 atom stereocenters. The molecule has 0 radical (unpaired) electrons. The molecule has 0 saturated carbocycles. The molecule has 210 valence electrons. The lowest BCUT2D eigenvalue weighted by Crippen LogP contribution is -2.48. The third kappa shape index (κ3) is 8.44. The van der Waals surface area contributed by atoms with Crippen LogP contribution >= 0.6 is 0 Å². The quantitative estimate of drug-likeness (QED) is 0.187. The second-order valence-electron chi connectivity index (χ2n) is 9.92. The number of nitrogens with zero attached hydrogens (tertiary/aromatic N) is 1. The molecule has 39 heavy (non-hydrogen) atoms. The molecule has 0 fully saturated rings. The van der Waals surface area contributed by atoms with Crippen molar-refractivity contribution >= 4 is 29.3 Å². The maximum Gasteiger partial charge on any atom is 0.338 e. The van der Waals surface area contributed by atoms with E-state index in [0.29, 0.717) is 29.9 Å². The zero-order valence-electron chi connectivity index (χ0n) is 23.6. The number of urea groups is 1. The average molecular weight is 534 g/mol. The molecule has 3 amide bonds. The van der Waals surface area contributed by atoms with Gasteiger partial charge in [-0.05, 0) is 43.0 Å². The predicted molar refractivity (Wildman–Crippen MR) is 156 cm³/mol. The number of ether oxygens (including phenoxy) is 1. The average Bonchev–Trinajstić information content (AvgIpc) is 2.94. The molecule has 1 unspecified atom stereocenters. The zero-order valence-corrected chi connectivity index (χ0v) is 23.6. The van der Waals surface area contributed by atoms with E-state index in [1.807, 2.05) is 61.5 Å². The number of benzene rings is 2. The highest BCUT2D eigenvalue weighted by atomic mass is 16.5. The van der Waals surface area contributed by atoms with Crippen molar-refractivity contribution in [2.45, 2.75) is 84.6 Å². The molecule has 0 aromatic heterocycles. The number of carbonyl (C=O) groups is 3. The van der Waals surface area contributed by atoms with Crippen LogP contribution in [0.1, 0.15) is 95.7 Å². The van der Waals surface area contributed by atoms with Gasteiger partial charge in [0.2, 0.25) is 5.91 Å². The predicted octanol–water partition coefficient (Wildman–Crippen LogP) is 7.22. The second kappa shape index (κ2) is 15.7. The molecule has 0 saturated heterocycles. The first-order valence-electron chi connectivity index (χ1n) is 14.4. The Labute approximate surface area is 233 Å². The van der Waals surface area contributed by atoms with Gasteiger partial charge in [0.25, 0.3) is 0 Å². The number of rotatable bonds is 15. The minimum atomic E-state index is -0.683. The van der Waals surface area contributed by atoms with Gasteiger partial charge < -0.3 is 15.4 Å². The minimum Gasteiger partial charge on any atom is -0.463 e. The molecule has 2 N–H and O–H groups in total. The minimum absolute atomic E-state index is 0.00374. The Morgan fingerprint density at radius 2 is 1.54 bits per heavy atom. The van der Waals surface area contributed by atoms with Gasteiger partial charge in [0.1, 0.15) is 0 Å². The van der Waals surface area contributed by atoms with Crippen molar-refractivity contribution in [3.63, 3.8) is 0 Å². The summed E-state index contributed by atoms with van der Waals surface area (Å²) in [6, 6.07) is 15.8. The van der Waals surface area contributed by atoms with Crippen molar-refractivity contribution in [3.8, 4) is 0 Å². The lowest BCUT2D eigenvalue weighted by Gasteiger charge is -2.36. The molecule has 2 aromatic carbocycles. The summed E-state index contributed by atoms with van der Waals surface area (Å²) in [4.78, 5) is 40.6. The maximum atomic E-state index is 13.3. The summed E-state index contributed by atoms with van der Waals surface area (Å²) < 4.78 is 5.47.